The number of aromatic nitrogens is 2. The summed E-state index contributed by atoms with van der Waals surface area (Å²) in [6, 6.07) is 11.9. The Hall–Kier alpha value is -1.98. The molecule has 0 saturated heterocycles. The summed E-state index contributed by atoms with van der Waals surface area (Å²) < 4.78 is 0.918. The molecule has 0 aliphatic heterocycles. The van der Waals surface area contributed by atoms with Crippen LogP contribution >= 0.6 is 15.9 Å². The van der Waals surface area contributed by atoms with E-state index < -0.39 is 0 Å². The molecule has 3 N–H and O–H groups in total. The Morgan fingerprint density at radius 1 is 1.10 bits per heavy atom. The van der Waals surface area contributed by atoms with Crippen LogP contribution in [-0.2, 0) is 6.54 Å². The van der Waals surface area contributed by atoms with E-state index in [1.54, 1.807) is 12.4 Å². The number of fused-ring (bicyclic) bond motifs is 1. The molecule has 20 heavy (non-hydrogen) atoms. The second kappa shape index (κ2) is 5.56. The molecule has 0 aliphatic carbocycles. The molecule has 1 aromatic carbocycles. The first-order chi connectivity index (χ1) is 9.76. The van der Waals surface area contributed by atoms with Crippen molar-refractivity contribution in [2.24, 2.45) is 5.73 Å². The van der Waals surface area contributed by atoms with Gasteiger partial charge < -0.3 is 11.1 Å². The number of nitrogens with two attached hydrogens (primary N) is 1. The van der Waals surface area contributed by atoms with Crippen LogP contribution in [0.5, 0.6) is 0 Å². The van der Waals surface area contributed by atoms with Crippen LogP contribution in [0.3, 0.4) is 0 Å². The smallest absolute Gasteiger partial charge is 0.112 e. The van der Waals surface area contributed by atoms with Crippen molar-refractivity contribution < 1.29 is 0 Å². The van der Waals surface area contributed by atoms with E-state index in [9.17, 15) is 0 Å². The van der Waals surface area contributed by atoms with Crippen LogP contribution in [0.1, 0.15) is 5.56 Å². The van der Waals surface area contributed by atoms with Gasteiger partial charge >= 0.3 is 0 Å². The summed E-state index contributed by atoms with van der Waals surface area (Å²) in [5.41, 5.74) is 10.3. The number of benzene rings is 1. The molecule has 2 heterocycles. The van der Waals surface area contributed by atoms with Gasteiger partial charge in [0, 0.05) is 29.1 Å². The van der Waals surface area contributed by atoms with Gasteiger partial charge in [-0.25, -0.2) is 0 Å². The molecule has 0 amide bonds. The second-order valence-electron chi connectivity index (χ2n) is 4.41. The normalized spacial score (nSPS) is 10.7. The SMILES string of the molecule is NCc1ccc(Nc2ccnc3cc(Br)cnc23)cc1. The number of pyridine rings is 2. The topological polar surface area (TPSA) is 63.8 Å². The zero-order chi connectivity index (χ0) is 13.9. The Bertz CT molecular complexity index is 740. The van der Waals surface area contributed by atoms with Crippen molar-refractivity contribution in [2.45, 2.75) is 6.54 Å². The Balaban J connectivity index is 1.97. The van der Waals surface area contributed by atoms with E-state index in [1.807, 2.05) is 36.4 Å². The van der Waals surface area contributed by atoms with E-state index in [0.29, 0.717) is 6.54 Å². The molecular formula is C15H13BrN4. The molecule has 5 heteroatoms. The Morgan fingerprint density at radius 3 is 2.65 bits per heavy atom. The Kier molecular flexibility index (Phi) is 3.62. The minimum atomic E-state index is 0.550. The molecule has 0 unspecified atom stereocenters. The van der Waals surface area contributed by atoms with Crippen molar-refractivity contribution in [3.8, 4) is 0 Å². The van der Waals surface area contributed by atoms with Gasteiger partial charge in [0.15, 0.2) is 0 Å². The first-order valence-electron chi connectivity index (χ1n) is 6.22. The summed E-state index contributed by atoms with van der Waals surface area (Å²) in [4.78, 5) is 8.74. The standard InChI is InChI=1S/C15H13BrN4/c16-11-7-14-15(19-9-11)13(5-6-18-14)20-12-3-1-10(8-17)2-4-12/h1-7,9H,8,17H2,(H,18,20). The molecule has 0 radical (unpaired) electrons. The zero-order valence-corrected chi connectivity index (χ0v) is 12.3. The molecule has 0 aliphatic rings. The van der Waals surface area contributed by atoms with Crippen molar-refractivity contribution in [2.75, 3.05) is 5.32 Å². The van der Waals surface area contributed by atoms with Crippen LogP contribution in [0.4, 0.5) is 11.4 Å². The lowest BCUT2D eigenvalue weighted by atomic mass is 10.2. The maximum Gasteiger partial charge on any atom is 0.112 e. The average Bonchev–Trinajstić information content (AvgIpc) is 2.48. The molecule has 0 saturated carbocycles. The summed E-state index contributed by atoms with van der Waals surface area (Å²) in [7, 11) is 0. The highest BCUT2D eigenvalue weighted by Crippen LogP contribution is 2.25. The molecule has 0 spiro atoms. The highest BCUT2D eigenvalue weighted by Gasteiger charge is 2.04. The minimum Gasteiger partial charge on any atom is -0.354 e. The van der Waals surface area contributed by atoms with E-state index in [1.165, 1.54) is 0 Å². The van der Waals surface area contributed by atoms with Crippen molar-refractivity contribution in [3.63, 3.8) is 0 Å². The maximum atomic E-state index is 5.60. The highest BCUT2D eigenvalue weighted by molar-refractivity contribution is 9.10. The summed E-state index contributed by atoms with van der Waals surface area (Å²) in [6.07, 6.45) is 3.54. The molecule has 4 nitrogen and oxygen atoms in total. The molecule has 2 aromatic heterocycles. The Morgan fingerprint density at radius 2 is 1.90 bits per heavy atom. The first kappa shape index (κ1) is 13.0. The monoisotopic (exact) mass is 328 g/mol. The van der Waals surface area contributed by atoms with Gasteiger partial charge in [0.05, 0.1) is 11.2 Å². The van der Waals surface area contributed by atoms with Crippen molar-refractivity contribution in [1.82, 2.24) is 9.97 Å². The number of nitrogens with one attached hydrogen (secondary N) is 1. The van der Waals surface area contributed by atoms with Crippen LogP contribution in [0.2, 0.25) is 0 Å². The Labute approximate surface area is 125 Å². The van der Waals surface area contributed by atoms with Crippen molar-refractivity contribution in [1.29, 1.82) is 0 Å². The number of halogens is 1. The molecule has 3 aromatic rings. The van der Waals surface area contributed by atoms with E-state index in [-0.39, 0.29) is 0 Å². The van der Waals surface area contributed by atoms with E-state index >= 15 is 0 Å². The van der Waals surface area contributed by atoms with E-state index in [2.05, 4.69) is 31.2 Å². The highest BCUT2D eigenvalue weighted by atomic mass is 79.9. The molecule has 0 bridgehead atoms. The summed E-state index contributed by atoms with van der Waals surface area (Å²) in [5.74, 6) is 0. The largest absolute Gasteiger partial charge is 0.354 e. The van der Waals surface area contributed by atoms with Crippen LogP contribution in [0.25, 0.3) is 11.0 Å². The molecular weight excluding hydrogens is 316 g/mol. The fourth-order valence-electron chi connectivity index (χ4n) is 1.99. The summed E-state index contributed by atoms with van der Waals surface area (Å²) in [6.45, 7) is 0.550. The van der Waals surface area contributed by atoms with Gasteiger partial charge in [-0.15, -0.1) is 0 Å². The molecule has 3 rings (SSSR count). The lowest BCUT2D eigenvalue weighted by Crippen LogP contribution is -1.97. The van der Waals surface area contributed by atoms with Gasteiger partial charge in [0.25, 0.3) is 0 Å². The van der Waals surface area contributed by atoms with Crippen molar-refractivity contribution >= 4 is 38.3 Å². The predicted molar refractivity (Wildman–Crippen MR) is 84.9 cm³/mol. The van der Waals surface area contributed by atoms with Gasteiger partial charge in [-0.1, -0.05) is 12.1 Å². The third-order valence-corrected chi connectivity index (χ3v) is 3.45. The molecule has 100 valence electrons. The van der Waals surface area contributed by atoms with Gasteiger partial charge in [0.1, 0.15) is 5.52 Å². The predicted octanol–water partition coefficient (Wildman–Crippen LogP) is 3.59. The number of nitrogens with zero attached hydrogens (tertiary/aromatic N) is 2. The van der Waals surface area contributed by atoms with Crippen LogP contribution in [0, 0.1) is 0 Å². The van der Waals surface area contributed by atoms with Crippen LogP contribution in [0.15, 0.2) is 53.3 Å². The first-order valence-corrected chi connectivity index (χ1v) is 7.02. The molecule has 0 atom stereocenters. The molecule has 0 fully saturated rings. The van der Waals surface area contributed by atoms with E-state index in [4.69, 9.17) is 5.73 Å². The fraction of sp³-hybridized carbons (Fsp3) is 0.0667. The number of hydrogen-bond acceptors (Lipinski definition) is 4. The van der Waals surface area contributed by atoms with Gasteiger partial charge in [-0.05, 0) is 45.8 Å². The third kappa shape index (κ3) is 2.64. The van der Waals surface area contributed by atoms with Gasteiger partial charge in [-0.3, -0.25) is 9.97 Å². The third-order valence-electron chi connectivity index (χ3n) is 3.01. The quantitative estimate of drug-likeness (QED) is 0.771. The maximum absolute atomic E-state index is 5.60. The van der Waals surface area contributed by atoms with Gasteiger partial charge in [0.2, 0.25) is 0 Å². The summed E-state index contributed by atoms with van der Waals surface area (Å²) in [5, 5.41) is 3.36. The average molecular weight is 329 g/mol. The fourth-order valence-corrected chi connectivity index (χ4v) is 2.31. The minimum absolute atomic E-state index is 0.550. The van der Waals surface area contributed by atoms with Crippen LogP contribution < -0.4 is 11.1 Å². The lowest BCUT2D eigenvalue weighted by molar-refractivity contribution is 1.07. The lowest BCUT2D eigenvalue weighted by Gasteiger charge is -2.09. The number of hydrogen-bond donors (Lipinski definition) is 2. The van der Waals surface area contributed by atoms with E-state index in [0.717, 1.165) is 32.4 Å². The second-order valence-corrected chi connectivity index (χ2v) is 5.32. The van der Waals surface area contributed by atoms with Crippen molar-refractivity contribution in [3.05, 3.63) is 58.8 Å². The van der Waals surface area contributed by atoms with Gasteiger partial charge in [-0.2, -0.15) is 0 Å². The number of anilines is 2. The zero-order valence-electron chi connectivity index (χ0n) is 10.7. The number of rotatable bonds is 3. The summed E-state index contributed by atoms with van der Waals surface area (Å²) >= 11 is 3.40. The van der Waals surface area contributed by atoms with Crippen LogP contribution in [-0.4, -0.2) is 9.97 Å².